The molecule has 8 nitrogen and oxygen atoms in total. The Bertz CT molecular complexity index is 1510. The van der Waals surface area contributed by atoms with Gasteiger partial charge < -0.3 is 25.0 Å². The summed E-state index contributed by atoms with van der Waals surface area (Å²) in [6.07, 6.45) is -2.18. The Kier molecular flexibility index (Phi) is 6.41. The van der Waals surface area contributed by atoms with E-state index in [4.69, 9.17) is 9.47 Å². The molecule has 6 rings (SSSR count). The Balaban J connectivity index is 1.13. The minimum absolute atomic E-state index is 0.00245. The molecule has 3 atom stereocenters. The third kappa shape index (κ3) is 5.08. The first-order chi connectivity index (χ1) is 19.1. The van der Waals surface area contributed by atoms with Crippen molar-refractivity contribution in [1.29, 1.82) is 0 Å². The number of anilines is 1. The van der Waals surface area contributed by atoms with Gasteiger partial charge in [-0.2, -0.15) is 13.2 Å². The zero-order chi connectivity index (χ0) is 28.2. The second kappa shape index (κ2) is 9.81. The van der Waals surface area contributed by atoms with Gasteiger partial charge >= 0.3 is 6.18 Å². The molecule has 2 aliphatic heterocycles. The van der Waals surface area contributed by atoms with Crippen LogP contribution >= 0.6 is 0 Å². The minimum atomic E-state index is -4.55. The van der Waals surface area contributed by atoms with Crippen molar-refractivity contribution in [2.24, 2.45) is 5.92 Å². The summed E-state index contributed by atoms with van der Waals surface area (Å²) >= 11 is 0. The lowest BCUT2D eigenvalue weighted by Crippen LogP contribution is -2.28. The van der Waals surface area contributed by atoms with Gasteiger partial charge in [0.1, 0.15) is 29.2 Å². The molecule has 2 amide bonds. The molecule has 40 heavy (non-hydrogen) atoms. The highest BCUT2D eigenvalue weighted by Crippen LogP contribution is 2.58. The molecule has 0 bridgehead atoms. The molecular weight excluding hydrogens is 525 g/mol. The molecule has 2 aromatic carbocycles. The van der Waals surface area contributed by atoms with Crippen LogP contribution in [0.1, 0.15) is 45.0 Å². The van der Waals surface area contributed by atoms with Crippen LogP contribution in [-0.4, -0.2) is 48.4 Å². The topological polar surface area (TPSA) is 92.8 Å². The molecule has 3 aliphatic rings. The van der Waals surface area contributed by atoms with E-state index in [1.54, 1.807) is 31.3 Å². The van der Waals surface area contributed by atoms with Crippen molar-refractivity contribution in [2.75, 3.05) is 26.0 Å². The number of benzene rings is 2. The van der Waals surface area contributed by atoms with E-state index in [-0.39, 0.29) is 42.5 Å². The predicted molar refractivity (Wildman–Crippen MR) is 140 cm³/mol. The number of ether oxygens (including phenoxy) is 2. The van der Waals surface area contributed by atoms with Gasteiger partial charge in [0.2, 0.25) is 5.91 Å². The van der Waals surface area contributed by atoms with Gasteiger partial charge in [0.25, 0.3) is 5.91 Å². The number of nitrogens with zero attached hydrogens (tertiary/aromatic N) is 2. The molecule has 1 saturated carbocycles. The molecule has 3 heterocycles. The molecule has 2 N–H and O–H groups in total. The summed E-state index contributed by atoms with van der Waals surface area (Å²) in [6.45, 7) is 0.554. The van der Waals surface area contributed by atoms with E-state index in [0.29, 0.717) is 35.7 Å². The second-order valence-electron chi connectivity index (χ2n) is 10.6. The summed E-state index contributed by atoms with van der Waals surface area (Å²) in [4.78, 5) is 30.5. The van der Waals surface area contributed by atoms with Gasteiger partial charge in [0.15, 0.2) is 0 Å². The largest absolute Gasteiger partial charge is 0.489 e. The number of hydrogen-bond acceptors (Lipinski definition) is 6. The van der Waals surface area contributed by atoms with E-state index in [9.17, 15) is 22.8 Å². The normalized spacial score (nSPS) is 20.6. The number of fused-ring (bicyclic) bond motifs is 4. The van der Waals surface area contributed by atoms with Crippen LogP contribution in [0.2, 0.25) is 0 Å². The number of aromatic nitrogens is 1. The summed E-state index contributed by atoms with van der Waals surface area (Å²) in [5.41, 5.74) is 1.35. The van der Waals surface area contributed by atoms with Crippen molar-refractivity contribution in [3.8, 4) is 17.2 Å². The second-order valence-corrected chi connectivity index (χ2v) is 10.6. The number of carbonyl (C=O) groups excluding carboxylic acids is 2. The first kappa shape index (κ1) is 26.1. The quantitative estimate of drug-likeness (QED) is 0.440. The highest BCUT2D eigenvalue weighted by Gasteiger charge is 2.58. The van der Waals surface area contributed by atoms with E-state index in [1.807, 2.05) is 18.2 Å². The van der Waals surface area contributed by atoms with Crippen molar-refractivity contribution in [3.63, 3.8) is 0 Å². The maximum absolute atomic E-state index is 13.4. The summed E-state index contributed by atoms with van der Waals surface area (Å²) < 4.78 is 52.5. The van der Waals surface area contributed by atoms with Crippen LogP contribution < -0.4 is 20.1 Å². The zero-order valence-corrected chi connectivity index (χ0v) is 21.8. The van der Waals surface area contributed by atoms with E-state index >= 15 is 0 Å². The summed E-state index contributed by atoms with van der Waals surface area (Å²) in [5, 5.41) is 5.56. The van der Waals surface area contributed by atoms with Gasteiger partial charge in [-0.05, 0) is 68.5 Å². The van der Waals surface area contributed by atoms with Gasteiger partial charge in [-0.3, -0.25) is 9.59 Å². The highest BCUT2D eigenvalue weighted by molar-refractivity contribution is 5.95. The van der Waals surface area contributed by atoms with E-state index in [0.717, 1.165) is 29.0 Å². The first-order valence-electron chi connectivity index (χ1n) is 13.0. The van der Waals surface area contributed by atoms with Crippen LogP contribution in [0.25, 0.3) is 0 Å². The number of alkyl halides is 3. The minimum Gasteiger partial charge on any atom is -0.489 e. The van der Waals surface area contributed by atoms with Gasteiger partial charge in [-0.25, -0.2) is 4.98 Å². The lowest BCUT2D eigenvalue weighted by molar-refractivity contribution is -0.137. The fraction of sp³-hybridized carbons (Fsp3) is 0.345. The van der Waals surface area contributed by atoms with Crippen LogP contribution in [0.5, 0.6) is 17.2 Å². The molecule has 208 valence electrons. The average Bonchev–Trinajstić information content (AvgIpc) is 3.44. The van der Waals surface area contributed by atoms with Gasteiger partial charge in [-0.15, -0.1) is 0 Å². The fourth-order valence-electron chi connectivity index (χ4n) is 5.49. The zero-order valence-electron chi connectivity index (χ0n) is 21.8. The Morgan fingerprint density at radius 3 is 2.77 bits per heavy atom. The molecule has 1 fully saturated rings. The SMILES string of the molecule is CN(C)Cc1cc(C(=O)NCC2C3Oc4ccc(Oc5ccnc6c5CCC(=O)N6)cc4C23)cc(C(F)(F)F)c1. The number of nitrogens with one attached hydrogen (secondary N) is 2. The third-order valence-corrected chi connectivity index (χ3v) is 7.38. The molecular formula is C29H27F3N4O4. The highest BCUT2D eigenvalue weighted by atomic mass is 19.4. The standard InChI is InChI=1S/C29H27F3N4O4/c1-36(2)14-15-9-16(11-17(10-15)29(30,31)32)28(38)34-13-21-25-20-12-18(3-5-22(20)40-26(21)25)39-23-7-8-33-27-19(23)4-6-24(37)35-27/h3,5,7-12,21,25-26H,4,6,13-14H2,1-2H3,(H,34,38)(H,33,35,37). The Hall–Kier alpha value is -4.12. The van der Waals surface area contributed by atoms with E-state index in [1.165, 1.54) is 6.07 Å². The predicted octanol–water partition coefficient (Wildman–Crippen LogP) is 4.74. The number of hydrogen-bond donors (Lipinski definition) is 2. The molecule has 0 saturated heterocycles. The molecule has 1 aromatic heterocycles. The maximum Gasteiger partial charge on any atom is 0.416 e. The van der Waals surface area contributed by atoms with Crippen molar-refractivity contribution < 1.29 is 32.2 Å². The molecule has 0 spiro atoms. The summed E-state index contributed by atoms with van der Waals surface area (Å²) in [6, 6.07) is 10.8. The van der Waals surface area contributed by atoms with Crippen LogP contribution in [0, 0.1) is 5.92 Å². The molecule has 3 unspecified atom stereocenters. The number of pyridine rings is 1. The lowest BCUT2D eigenvalue weighted by atomic mass is 10.0. The first-order valence-corrected chi connectivity index (χ1v) is 13.0. The van der Waals surface area contributed by atoms with Crippen molar-refractivity contribution in [3.05, 3.63) is 76.5 Å². The van der Waals surface area contributed by atoms with Crippen LogP contribution in [0.4, 0.5) is 19.0 Å². The van der Waals surface area contributed by atoms with E-state index in [2.05, 4.69) is 15.6 Å². The molecule has 3 aromatic rings. The van der Waals surface area contributed by atoms with Gasteiger partial charge in [-0.1, -0.05) is 0 Å². The van der Waals surface area contributed by atoms with E-state index < -0.39 is 17.6 Å². The third-order valence-electron chi connectivity index (χ3n) is 7.38. The number of carbonyl (C=O) groups is 2. The van der Waals surface area contributed by atoms with Crippen molar-refractivity contribution >= 4 is 17.6 Å². The number of amides is 2. The monoisotopic (exact) mass is 552 g/mol. The van der Waals surface area contributed by atoms with Crippen LogP contribution in [0.3, 0.4) is 0 Å². The Morgan fingerprint density at radius 2 is 2.00 bits per heavy atom. The van der Waals surface area contributed by atoms with Gasteiger partial charge in [0, 0.05) is 54.2 Å². The molecule has 0 radical (unpaired) electrons. The Labute approximate surface area is 228 Å². The van der Waals surface area contributed by atoms with Crippen LogP contribution in [-0.2, 0) is 23.9 Å². The van der Waals surface area contributed by atoms with Crippen molar-refractivity contribution in [1.82, 2.24) is 15.2 Å². The Morgan fingerprint density at radius 1 is 1.18 bits per heavy atom. The summed E-state index contributed by atoms with van der Waals surface area (Å²) in [7, 11) is 3.51. The molecule has 11 heteroatoms. The lowest BCUT2D eigenvalue weighted by Gasteiger charge is -2.19. The van der Waals surface area contributed by atoms with Crippen LogP contribution in [0.15, 0.2) is 48.7 Å². The number of rotatable bonds is 7. The van der Waals surface area contributed by atoms with Crippen molar-refractivity contribution in [2.45, 2.75) is 37.6 Å². The number of halogens is 3. The average molecular weight is 553 g/mol. The van der Waals surface area contributed by atoms with Gasteiger partial charge in [0.05, 0.1) is 5.56 Å². The fourth-order valence-corrected chi connectivity index (χ4v) is 5.49. The maximum atomic E-state index is 13.4. The summed E-state index contributed by atoms with van der Waals surface area (Å²) in [5.74, 6) is 1.91. The molecule has 1 aliphatic carbocycles. The smallest absolute Gasteiger partial charge is 0.416 e.